The van der Waals surface area contributed by atoms with Crippen molar-refractivity contribution in [2.24, 2.45) is 0 Å². The minimum absolute atomic E-state index is 0. The topological polar surface area (TPSA) is 75.1 Å². The average Bonchev–Trinajstić information content (AvgIpc) is 2.47. The molecule has 0 aliphatic heterocycles. The van der Waals surface area contributed by atoms with Gasteiger partial charge < -0.3 is 10.4 Å². The highest BCUT2D eigenvalue weighted by Crippen LogP contribution is 2.27. The predicted octanol–water partition coefficient (Wildman–Crippen LogP) is 4.15. The van der Waals surface area contributed by atoms with Gasteiger partial charge in [-0.3, -0.25) is 0 Å². The number of carboxylic acid groups (broad SMARTS) is 1. The number of hydrogen-bond donors (Lipinski definition) is 2. The van der Waals surface area contributed by atoms with E-state index in [0.717, 1.165) is 5.69 Å². The number of carboxylic acids is 1. The van der Waals surface area contributed by atoms with Gasteiger partial charge in [0, 0.05) is 10.7 Å². The highest BCUT2D eigenvalue weighted by atomic mass is 35.5. The maximum atomic E-state index is 11.4. The number of anilines is 2. The lowest BCUT2D eigenvalue weighted by atomic mass is 10.1. The maximum absolute atomic E-state index is 11.4. The zero-order chi connectivity index (χ0) is 14.8. The summed E-state index contributed by atoms with van der Waals surface area (Å²) in [5, 5.41) is 13.4. The number of rotatable bonds is 3. The molecular weight excluding hydrogens is 325 g/mol. The van der Waals surface area contributed by atoms with Gasteiger partial charge in [-0.1, -0.05) is 23.7 Å². The molecule has 0 atom stereocenters. The fourth-order valence-electron chi connectivity index (χ4n) is 2.09. The van der Waals surface area contributed by atoms with Gasteiger partial charge in [0.1, 0.15) is 12.1 Å². The van der Waals surface area contributed by atoms with Gasteiger partial charge in [-0.25, -0.2) is 14.8 Å². The molecule has 0 spiro atoms. The van der Waals surface area contributed by atoms with Crippen LogP contribution in [0.15, 0.2) is 48.8 Å². The van der Waals surface area contributed by atoms with Crippen LogP contribution in [0.2, 0.25) is 5.02 Å². The zero-order valence-electron chi connectivity index (χ0n) is 11.2. The lowest BCUT2D eigenvalue weighted by Crippen LogP contribution is -2.02. The number of hydrogen-bond acceptors (Lipinski definition) is 4. The van der Waals surface area contributed by atoms with Crippen LogP contribution >= 0.6 is 24.0 Å². The Kier molecular flexibility index (Phi) is 4.80. The van der Waals surface area contributed by atoms with Gasteiger partial charge in [0.15, 0.2) is 0 Å². The van der Waals surface area contributed by atoms with Crippen molar-refractivity contribution in [1.29, 1.82) is 0 Å². The molecule has 0 saturated carbocycles. The van der Waals surface area contributed by atoms with Crippen LogP contribution in [0.25, 0.3) is 10.9 Å². The van der Waals surface area contributed by atoms with E-state index in [1.54, 1.807) is 30.3 Å². The van der Waals surface area contributed by atoms with E-state index >= 15 is 0 Å². The van der Waals surface area contributed by atoms with Gasteiger partial charge in [-0.05, 0) is 30.3 Å². The first-order valence-corrected chi connectivity index (χ1v) is 6.52. The first-order chi connectivity index (χ1) is 10.1. The quantitative estimate of drug-likeness (QED) is 0.752. The molecule has 0 amide bonds. The molecule has 7 heteroatoms. The van der Waals surface area contributed by atoms with E-state index in [9.17, 15) is 9.90 Å². The summed E-state index contributed by atoms with van der Waals surface area (Å²) >= 11 is 5.94. The van der Waals surface area contributed by atoms with E-state index in [2.05, 4.69) is 15.3 Å². The van der Waals surface area contributed by atoms with Crippen molar-refractivity contribution >= 4 is 52.4 Å². The summed E-state index contributed by atoms with van der Waals surface area (Å²) in [5.41, 5.74) is 1.44. The smallest absolute Gasteiger partial charge is 0.336 e. The number of nitrogens with one attached hydrogen (secondary N) is 1. The summed E-state index contributed by atoms with van der Waals surface area (Å²) in [4.78, 5) is 19.6. The molecule has 2 aromatic carbocycles. The van der Waals surface area contributed by atoms with Crippen LogP contribution in [0.1, 0.15) is 10.4 Å². The predicted molar refractivity (Wildman–Crippen MR) is 88.5 cm³/mol. The molecule has 0 fully saturated rings. The van der Waals surface area contributed by atoms with Crippen LogP contribution in [0, 0.1) is 0 Å². The Balaban J connectivity index is 0.00000176. The van der Waals surface area contributed by atoms with Crippen molar-refractivity contribution < 1.29 is 9.90 Å². The Bertz CT molecular complexity index is 835. The summed E-state index contributed by atoms with van der Waals surface area (Å²) in [5.74, 6) is -0.593. The minimum atomic E-state index is -1.02. The maximum Gasteiger partial charge on any atom is 0.336 e. The van der Waals surface area contributed by atoms with E-state index in [-0.39, 0.29) is 18.0 Å². The van der Waals surface area contributed by atoms with Gasteiger partial charge in [0.25, 0.3) is 0 Å². The summed E-state index contributed by atoms with van der Waals surface area (Å²) < 4.78 is 0. The molecule has 0 unspecified atom stereocenters. The second kappa shape index (κ2) is 6.60. The van der Waals surface area contributed by atoms with Gasteiger partial charge in [-0.15, -0.1) is 12.4 Å². The van der Waals surface area contributed by atoms with Gasteiger partial charge in [0.2, 0.25) is 0 Å². The Morgan fingerprint density at radius 3 is 2.64 bits per heavy atom. The van der Waals surface area contributed by atoms with E-state index in [1.807, 2.05) is 6.07 Å². The van der Waals surface area contributed by atoms with Crippen molar-refractivity contribution in [3.63, 3.8) is 0 Å². The van der Waals surface area contributed by atoms with Crippen LogP contribution in [0.5, 0.6) is 0 Å². The van der Waals surface area contributed by atoms with Crippen molar-refractivity contribution in [2.45, 2.75) is 0 Å². The molecule has 0 radical (unpaired) electrons. The summed E-state index contributed by atoms with van der Waals surface area (Å²) in [6, 6.07) is 12.0. The molecule has 3 rings (SSSR count). The molecule has 0 saturated heterocycles. The van der Waals surface area contributed by atoms with Gasteiger partial charge >= 0.3 is 5.97 Å². The van der Waals surface area contributed by atoms with Crippen molar-refractivity contribution in [3.05, 3.63) is 59.4 Å². The van der Waals surface area contributed by atoms with Gasteiger partial charge in [-0.2, -0.15) is 0 Å². The molecule has 22 heavy (non-hydrogen) atoms. The minimum Gasteiger partial charge on any atom is -0.478 e. The van der Waals surface area contributed by atoms with Crippen molar-refractivity contribution in [1.82, 2.24) is 9.97 Å². The molecule has 3 aromatic rings. The van der Waals surface area contributed by atoms with Crippen LogP contribution in [0.4, 0.5) is 11.5 Å². The Morgan fingerprint density at radius 1 is 1.14 bits per heavy atom. The Labute approximate surface area is 137 Å². The monoisotopic (exact) mass is 335 g/mol. The first kappa shape index (κ1) is 16.0. The summed E-state index contributed by atoms with van der Waals surface area (Å²) in [7, 11) is 0. The number of halogens is 2. The lowest BCUT2D eigenvalue weighted by molar-refractivity contribution is 0.0699. The number of benzene rings is 2. The van der Waals surface area contributed by atoms with Crippen LogP contribution in [-0.2, 0) is 0 Å². The Morgan fingerprint density at radius 2 is 1.91 bits per heavy atom. The number of nitrogens with zero attached hydrogens (tertiary/aromatic N) is 2. The van der Waals surface area contributed by atoms with E-state index in [4.69, 9.17) is 11.6 Å². The standard InChI is InChI=1S/C15H10ClN3O2.ClH/c16-9-3-1-4-10(7-9)19-14-13-11(15(20)21)5-2-6-12(13)17-8-18-14;/h1-8H,(H,20,21)(H,17,18,19);1H. The molecular formula is C15H11Cl2N3O2. The highest BCUT2D eigenvalue weighted by Gasteiger charge is 2.13. The summed E-state index contributed by atoms with van der Waals surface area (Å²) in [6.45, 7) is 0. The normalized spacial score (nSPS) is 10.0. The van der Waals surface area contributed by atoms with Crippen LogP contribution in [0.3, 0.4) is 0 Å². The second-order valence-corrected chi connectivity index (χ2v) is 4.80. The fourth-order valence-corrected chi connectivity index (χ4v) is 2.28. The second-order valence-electron chi connectivity index (χ2n) is 4.36. The van der Waals surface area contributed by atoms with Gasteiger partial charge in [0.05, 0.1) is 16.5 Å². The Hall–Kier alpha value is -2.37. The summed E-state index contributed by atoms with van der Waals surface area (Å²) in [6.07, 6.45) is 1.39. The van der Waals surface area contributed by atoms with E-state index in [0.29, 0.717) is 21.7 Å². The third kappa shape index (κ3) is 3.10. The van der Waals surface area contributed by atoms with Crippen molar-refractivity contribution in [3.8, 4) is 0 Å². The molecule has 0 bridgehead atoms. The zero-order valence-corrected chi connectivity index (χ0v) is 12.7. The molecule has 1 heterocycles. The molecule has 0 aliphatic carbocycles. The third-order valence-electron chi connectivity index (χ3n) is 2.98. The molecule has 5 nitrogen and oxygen atoms in total. The largest absolute Gasteiger partial charge is 0.478 e. The van der Waals surface area contributed by atoms with Crippen LogP contribution < -0.4 is 5.32 Å². The average molecular weight is 336 g/mol. The lowest BCUT2D eigenvalue weighted by Gasteiger charge is -2.10. The molecule has 112 valence electrons. The highest BCUT2D eigenvalue weighted by molar-refractivity contribution is 6.30. The number of aromatic carboxylic acids is 1. The van der Waals surface area contributed by atoms with Crippen LogP contribution in [-0.4, -0.2) is 21.0 Å². The fraction of sp³-hybridized carbons (Fsp3) is 0. The van der Waals surface area contributed by atoms with Crippen molar-refractivity contribution in [2.75, 3.05) is 5.32 Å². The third-order valence-corrected chi connectivity index (χ3v) is 3.22. The number of fused-ring (bicyclic) bond motifs is 1. The SMILES string of the molecule is Cl.O=C(O)c1cccc2ncnc(Nc3cccc(Cl)c3)c12. The molecule has 0 aliphatic rings. The molecule has 1 aromatic heterocycles. The molecule has 2 N–H and O–H groups in total. The first-order valence-electron chi connectivity index (χ1n) is 6.15. The number of carbonyl (C=O) groups is 1. The number of aromatic nitrogens is 2. The van der Waals surface area contributed by atoms with E-state index < -0.39 is 5.97 Å². The van der Waals surface area contributed by atoms with E-state index in [1.165, 1.54) is 12.4 Å².